The second kappa shape index (κ2) is 11.2. The minimum atomic E-state index is -0.824. The Morgan fingerprint density at radius 2 is 1.83 bits per heavy atom. The molecule has 5 nitrogen and oxygen atoms in total. The van der Waals surface area contributed by atoms with E-state index in [-0.39, 0.29) is 24.9 Å². The van der Waals surface area contributed by atoms with Crippen LogP contribution in [0.1, 0.15) is 18.1 Å². The lowest BCUT2D eigenvalue weighted by atomic mass is 9.91. The predicted molar refractivity (Wildman–Crippen MR) is 121 cm³/mol. The summed E-state index contributed by atoms with van der Waals surface area (Å²) in [6, 6.07) is 12.3. The Morgan fingerprint density at radius 1 is 1.13 bits per heavy atom. The molecule has 0 unspecified atom stereocenters. The average Bonchev–Trinajstić information content (AvgIpc) is 2.72. The summed E-state index contributed by atoms with van der Waals surface area (Å²) >= 11 is 12.4. The van der Waals surface area contributed by atoms with Gasteiger partial charge in [-0.3, -0.25) is 4.79 Å². The predicted octanol–water partition coefficient (Wildman–Crippen LogP) is 4.62. The monoisotopic (exact) mass is 473 g/mol. The zero-order valence-electron chi connectivity index (χ0n) is 16.8. The smallest absolute Gasteiger partial charge is 0.325 e. The number of nitrogens with two attached hydrogens (primary N) is 1. The summed E-state index contributed by atoms with van der Waals surface area (Å²) < 4.78 is 17.6. The van der Waals surface area contributed by atoms with Crippen molar-refractivity contribution in [3.8, 4) is 5.75 Å². The molecular formula is C22H26Cl3NO4. The van der Waals surface area contributed by atoms with Gasteiger partial charge in [0.25, 0.3) is 0 Å². The molecular weight excluding hydrogens is 449 g/mol. The summed E-state index contributed by atoms with van der Waals surface area (Å²) in [5.74, 6) is 0.0718. The average molecular weight is 475 g/mol. The number of rotatable bonds is 4. The summed E-state index contributed by atoms with van der Waals surface area (Å²) in [6.45, 7) is 4.26. The third-order valence-electron chi connectivity index (χ3n) is 4.95. The van der Waals surface area contributed by atoms with Crippen LogP contribution < -0.4 is 10.5 Å². The summed E-state index contributed by atoms with van der Waals surface area (Å²) in [7, 11) is 0. The van der Waals surface area contributed by atoms with E-state index in [1.54, 1.807) is 12.1 Å². The minimum absolute atomic E-state index is 0. The van der Waals surface area contributed by atoms with E-state index in [2.05, 4.69) is 0 Å². The van der Waals surface area contributed by atoms with Crippen molar-refractivity contribution in [1.29, 1.82) is 0 Å². The van der Waals surface area contributed by atoms with Gasteiger partial charge in [-0.15, -0.1) is 12.4 Å². The topological polar surface area (TPSA) is 70.8 Å². The molecule has 2 aromatic rings. The fraction of sp³-hybridized carbons (Fsp3) is 0.409. The quantitative estimate of drug-likeness (QED) is 0.655. The molecule has 2 N–H and O–H groups in total. The van der Waals surface area contributed by atoms with Crippen LogP contribution in [0.3, 0.4) is 0 Å². The molecule has 1 aliphatic rings. The van der Waals surface area contributed by atoms with Gasteiger partial charge >= 0.3 is 5.97 Å². The molecule has 1 fully saturated rings. The van der Waals surface area contributed by atoms with Gasteiger partial charge in [0.15, 0.2) is 0 Å². The standard InChI is InChI=1S/C22H25Cl2NO4.ClH/c1-13-3-7-18(8-4-13)29-21-14(2)28-22(26)20(25)12-27-11-16(21)9-15-5-6-17(23)10-19(15)24;/h3-8,10,14,16,20-21H,9,11-12,25H2,1-2H3;1H/t14-,16-,20-,21-;/m0./s1. The zero-order chi connectivity index (χ0) is 21.0. The largest absolute Gasteiger partial charge is 0.486 e. The molecule has 2 aromatic carbocycles. The molecule has 0 amide bonds. The van der Waals surface area contributed by atoms with Crippen LogP contribution in [-0.2, 0) is 20.7 Å². The summed E-state index contributed by atoms with van der Waals surface area (Å²) in [5, 5.41) is 1.15. The molecule has 0 bridgehead atoms. The molecule has 30 heavy (non-hydrogen) atoms. The van der Waals surface area contributed by atoms with Crippen molar-refractivity contribution < 1.29 is 19.0 Å². The number of aryl methyl sites for hydroxylation is 1. The van der Waals surface area contributed by atoms with Crippen LogP contribution in [0.15, 0.2) is 42.5 Å². The lowest BCUT2D eigenvalue weighted by molar-refractivity contribution is -0.155. The molecule has 0 aromatic heterocycles. The first-order chi connectivity index (χ1) is 13.8. The Hall–Kier alpha value is -1.50. The van der Waals surface area contributed by atoms with Crippen LogP contribution in [0.2, 0.25) is 10.0 Å². The fourth-order valence-corrected chi connectivity index (χ4v) is 3.83. The normalized spacial score (nSPS) is 24.6. The molecule has 1 aliphatic heterocycles. The van der Waals surface area contributed by atoms with E-state index in [1.165, 1.54) is 0 Å². The number of halogens is 3. The van der Waals surface area contributed by atoms with E-state index in [0.29, 0.717) is 28.8 Å². The zero-order valence-corrected chi connectivity index (χ0v) is 19.2. The molecule has 1 saturated heterocycles. The molecule has 3 rings (SSSR count). The maximum absolute atomic E-state index is 12.2. The van der Waals surface area contributed by atoms with Gasteiger partial charge in [-0.2, -0.15) is 0 Å². The van der Waals surface area contributed by atoms with E-state index in [9.17, 15) is 4.79 Å². The molecule has 0 radical (unpaired) electrons. The fourth-order valence-electron chi connectivity index (χ4n) is 3.34. The van der Waals surface area contributed by atoms with Crippen LogP contribution in [0.25, 0.3) is 0 Å². The maximum Gasteiger partial charge on any atom is 0.325 e. The van der Waals surface area contributed by atoms with Gasteiger partial charge in [0.1, 0.15) is 24.0 Å². The summed E-state index contributed by atoms with van der Waals surface area (Å²) in [6.07, 6.45) is -0.393. The molecule has 0 spiro atoms. The second-order valence-electron chi connectivity index (χ2n) is 7.38. The Labute approximate surface area is 193 Å². The van der Waals surface area contributed by atoms with Crippen LogP contribution in [0, 0.1) is 12.8 Å². The van der Waals surface area contributed by atoms with Crippen molar-refractivity contribution in [3.63, 3.8) is 0 Å². The Balaban J connectivity index is 0.00000320. The van der Waals surface area contributed by atoms with Gasteiger partial charge in [-0.05, 0) is 50.1 Å². The molecule has 8 heteroatoms. The van der Waals surface area contributed by atoms with Crippen LogP contribution in [0.4, 0.5) is 0 Å². The first kappa shape index (κ1) is 24.8. The van der Waals surface area contributed by atoms with Gasteiger partial charge in [-0.1, -0.05) is 47.0 Å². The Bertz CT molecular complexity index is 847. The van der Waals surface area contributed by atoms with Gasteiger partial charge in [-0.25, -0.2) is 0 Å². The highest BCUT2D eigenvalue weighted by Crippen LogP contribution is 2.29. The second-order valence-corrected chi connectivity index (χ2v) is 8.23. The third kappa shape index (κ3) is 6.50. The van der Waals surface area contributed by atoms with Gasteiger partial charge in [0.05, 0.1) is 13.2 Å². The van der Waals surface area contributed by atoms with Gasteiger partial charge < -0.3 is 19.9 Å². The molecule has 0 saturated carbocycles. The van der Waals surface area contributed by atoms with Crippen LogP contribution in [-0.4, -0.2) is 37.4 Å². The molecule has 1 heterocycles. The van der Waals surface area contributed by atoms with Crippen molar-refractivity contribution in [2.24, 2.45) is 11.7 Å². The highest BCUT2D eigenvalue weighted by atomic mass is 35.5. The summed E-state index contributed by atoms with van der Waals surface area (Å²) in [4.78, 5) is 12.2. The van der Waals surface area contributed by atoms with Crippen molar-refractivity contribution in [2.75, 3.05) is 13.2 Å². The third-order valence-corrected chi connectivity index (χ3v) is 5.54. The Morgan fingerprint density at radius 3 is 2.50 bits per heavy atom. The van der Waals surface area contributed by atoms with E-state index in [0.717, 1.165) is 11.1 Å². The first-order valence-electron chi connectivity index (χ1n) is 9.54. The van der Waals surface area contributed by atoms with Gasteiger partial charge in [0.2, 0.25) is 0 Å². The number of esters is 1. The number of cyclic esters (lactones) is 1. The lowest BCUT2D eigenvalue weighted by Gasteiger charge is -2.31. The molecule has 0 aliphatic carbocycles. The van der Waals surface area contributed by atoms with Crippen molar-refractivity contribution in [3.05, 3.63) is 63.6 Å². The van der Waals surface area contributed by atoms with E-state index in [4.69, 9.17) is 43.1 Å². The molecule has 164 valence electrons. The van der Waals surface area contributed by atoms with Crippen molar-refractivity contribution in [1.82, 2.24) is 0 Å². The highest BCUT2D eigenvalue weighted by Gasteiger charge is 2.35. The van der Waals surface area contributed by atoms with E-state index in [1.807, 2.05) is 44.2 Å². The SMILES string of the molecule is Cc1ccc(O[C@@H]2[C@@H](Cc3ccc(Cl)cc3Cl)COC[C@H](N)C(=O)O[C@H]2C)cc1.Cl. The minimum Gasteiger partial charge on any atom is -0.486 e. The van der Waals surface area contributed by atoms with E-state index < -0.39 is 24.2 Å². The maximum atomic E-state index is 12.2. The first-order valence-corrected chi connectivity index (χ1v) is 10.3. The number of hydrogen-bond donors (Lipinski definition) is 1. The number of hydrogen-bond acceptors (Lipinski definition) is 5. The lowest BCUT2D eigenvalue weighted by Crippen LogP contribution is -2.43. The number of carbonyl (C=O) groups is 1. The highest BCUT2D eigenvalue weighted by molar-refractivity contribution is 6.35. The molecule has 4 atom stereocenters. The summed E-state index contributed by atoms with van der Waals surface area (Å²) in [5.41, 5.74) is 7.91. The van der Waals surface area contributed by atoms with Crippen LogP contribution in [0.5, 0.6) is 5.75 Å². The van der Waals surface area contributed by atoms with E-state index >= 15 is 0 Å². The number of carbonyl (C=O) groups excluding carboxylic acids is 1. The van der Waals surface area contributed by atoms with Gasteiger partial charge in [0, 0.05) is 16.0 Å². The van der Waals surface area contributed by atoms with Crippen molar-refractivity contribution in [2.45, 2.75) is 38.5 Å². The number of ether oxygens (including phenoxy) is 3. The Kier molecular flexibility index (Phi) is 9.26. The van der Waals surface area contributed by atoms with Crippen LogP contribution >= 0.6 is 35.6 Å². The van der Waals surface area contributed by atoms with Crippen molar-refractivity contribution >= 4 is 41.6 Å². The number of benzene rings is 2.